The van der Waals surface area contributed by atoms with Crippen molar-refractivity contribution in [1.82, 2.24) is 0 Å². The summed E-state index contributed by atoms with van der Waals surface area (Å²) < 4.78 is 0. The third-order valence-electron chi connectivity index (χ3n) is 1.31. The first-order chi connectivity index (χ1) is 4.24. The molecule has 0 saturated heterocycles. The van der Waals surface area contributed by atoms with Crippen molar-refractivity contribution in [3.63, 3.8) is 0 Å². The smallest absolute Gasteiger partial charge is 0 e. The van der Waals surface area contributed by atoms with Crippen LogP contribution in [0.25, 0.3) is 0 Å². The van der Waals surface area contributed by atoms with Crippen molar-refractivity contribution >= 4 is 11.3 Å². The number of thiophene rings is 1. The maximum absolute atomic E-state index is 3.81. The zero-order chi connectivity index (χ0) is 6.85. The molecule has 1 rings (SSSR count). The minimum Gasteiger partial charge on any atom is -0.342 e. The first-order valence-corrected chi connectivity index (χ1v) is 3.83. The molecule has 0 aliphatic heterocycles. The van der Waals surface area contributed by atoms with Gasteiger partial charge in [0.25, 0.3) is 0 Å². The van der Waals surface area contributed by atoms with Crippen LogP contribution in [-0.2, 0) is 39.1 Å². The molecular weight excluding hydrogens is 217 g/mol. The maximum Gasteiger partial charge on any atom is 0 e. The Balaban J connectivity index is 0.000000810. The van der Waals surface area contributed by atoms with Gasteiger partial charge in [-0.1, -0.05) is 6.92 Å². The van der Waals surface area contributed by atoms with Crippen LogP contribution in [0, 0.1) is 26.8 Å². The van der Waals surface area contributed by atoms with Gasteiger partial charge in [0.15, 0.2) is 0 Å². The third-order valence-corrected chi connectivity index (χ3v) is 2.27. The second kappa shape index (κ2) is 4.64. The fraction of sp³-hybridized carbons (Fsp3) is 0.375. The molecule has 2 heteroatoms. The van der Waals surface area contributed by atoms with E-state index in [9.17, 15) is 0 Å². The maximum atomic E-state index is 3.81. The van der Waals surface area contributed by atoms with E-state index in [0.29, 0.717) is 0 Å². The molecule has 0 aliphatic carbocycles. The molecule has 1 aromatic heterocycles. The predicted molar refractivity (Wildman–Crippen MR) is 41.7 cm³/mol. The number of hydrogen-bond acceptors (Lipinski definition) is 1. The molecule has 10 heavy (non-hydrogen) atoms. The fourth-order valence-corrected chi connectivity index (χ4v) is 1.77. The molecule has 0 aliphatic rings. The summed E-state index contributed by atoms with van der Waals surface area (Å²) in [6.45, 7) is 8.01. The number of hydrogen-bond donors (Lipinski definition) is 0. The molecule has 0 amide bonds. The van der Waals surface area contributed by atoms with Crippen LogP contribution in [-0.4, -0.2) is 0 Å². The second-order valence-corrected chi connectivity index (χ2v) is 3.50. The summed E-state index contributed by atoms with van der Waals surface area (Å²) in [6.07, 6.45) is 0.871. The average molecular weight is 227 g/mol. The van der Waals surface area contributed by atoms with Gasteiger partial charge in [0.05, 0.1) is 0 Å². The Morgan fingerprint density at radius 1 is 1.50 bits per heavy atom. The van der Waals surface area contributed by atoms with Gasteiger partial charge in [-0.2, -0.15) is 6.42 Å². The van der Waals surface area contributed by atoms with Crippen LogP contribution in [0.2, 0.25) is 0 Å². The summed E-state index contributed by atoms with van der Waals surface area (Å²) in [5.41, 5.74) is 1.28. The van der Waals surface area contributed by atoms with E-state index in [1.807, 2.05) is 0 Å². The Morgan fingerprint density at radius 2 is 2.10 bits per heavy atom. The van der Waals surface area contributed by atoms with Crippen LogP contribution in [0.5, 0.6) is 0 Å². The largest absolute Gasteiger partial charge is 0.342 e. The average Bonchev–Trinajstić information content (AvgIpc) is 2.10. The zero-order valence-electron chi connectivity index (χ0n) is 6.40. The second-order valence-electron chi connectivity index (χ2n) is 2.07. The van der Waals surface area contributed by atoms with Crippen molar-refractivity contribution < 1.29 is 32.7 Å². The fourth-order valence-electron chi connectivity index (χ4n) is 0.856. The van der Waals surface area contributed by atoms with Gasteiger partial charge in [-0.3, -0.25) is 11.3 Å². The Kier molecular flexibility index (Phi) is 5.01. The van der Waals surface area contributed by atoms with Crippen LogP contribution >= 0.6 is 11.3 Å². The van der Waals surface area contributed by atoms with Crippen molar-refractivity contribution in [2.75, 3.05) is 0 Å². The normalized spacial score (nSPS) is 9.10. The van der Waals surface area contributed by atoms with Gasteiger partial charge in [0.1, 0.15) is 0 Å². The number of aryl methyl sites for hydroxylation is 2. The topological polar surface area (TPSA) is 0 Å². The molecule has 0 unspecified atom stereocenters. The van der Waals surface area contributed by atoms with Crippen LogP contribution < -0.4 is 0 Å². The molecule has 1 radical (unpaired) electrons. The van der Waals surface area contributed by atoms with Gasteiger partial charge in [-0.05, 0) is 6.92 Å². The molecule has 0 saturated carbocycles. The molecular formula is C8H10SY-2. The standard InChI is InChI=1S/C8H10S.Y/c1-4-8-5-6(2)9-7(8)3;/h1,4H2,2-3H3;/q-2;. The predicted octanol–water partition coefficient (Wildman–Crippen LogP) is 2.54. The summed E-state index contributed by atoms with van der Waals surface area (Å²) in [5, 5.41) is 0. The molecule has 0 bridgehead atoms. The molecule has 0 nitrogen and oxygen atoms in total. The summed E-state index contributed by atoms with van der Waals surface area (Å²) in [5.74, 6) is 0. The van der Waals surface area contributed by atoms with Crippen molar-refractivity contribution in [2.24, 2.45) is 0 Å². The van der Waals surface area contributed by atoms with E-state index in [2.05, 4.69) is 26.8 Å². The molecule has 0 atom stereocenters. The van der Waals surface area contributed by atoms with E-state index in [4.69, 9.17) is 0 Å². The van der Waals surface area contributed by atoms with Gasteiger partial charge < -0.3 is 6.92 Å². The quantitative estimate of drug-likeness (QED) is 0.647. The van der Waals surface area contributed by atoms with Gasteiger partial charge in [-0.15, -0.1) is 9.75 Å². The molecule has 0 fully saturated rings. The first kappa shape index (κ1) is 10.8. The van der Waals surface area contributed by atoms with Crippen molar-refractivity contribution in [3.8, 4) is 0 Å². The van der Waals surface area contributed by atoms with Crippen LogP contribution in [0.4, 0.5) is 0 Å². The van der Waals surface area contributed by atoms with E-state index in [1.54, 1.807) is 11.3 Å². The minimum absolute atomic E-state index is 0. The van der Waals surface area contributed by atoms with E-state index < -0.39 is 0 Å². The van der Waals surface area contributed by atoms with E-state index in [1.165, 1.54) is 15.3 Å². The Bertz CT molecular complexity index is 203. The first-order valence-electron chi connectivity index (χ1n) is 3.01. The summed E-state index contributed by atoms with van der Waals surface area (Å²) >= 11 is 1.80. The van der Waals surface area contributed by atoms with Crippen molar-refractivity contribution in [2.45, 2.75) is 20.3 Å². The van der Waals surface area contributed by atoms with Crippen molar-refractivity contribution in [3.05, 3.63) is 28.3 Å². The van der Waals surface area contributed by atoms with E-state index in [-0.39, 0.29) is 32.7 Å². The van der Waals surface area contributed by atoms with E-state index in [0.717, 1.165) is 6.42 Å². The molecule has 1 aromatic rings. The third kappa shape index (κ3) is 2.45. The Labute approximate surface area is 91.9 Å². The van der Waals surface area contributed by atoms with Gasteiger partial charge >= 0.3 is 0 Å². The van der Waals surface area contributed by atoms with Gasteiger partial charge in [-0.25, -0.2) is 11.6 Å². The van der Waals surface area contributed by atoms with E-state index >= 15 is 0 Å². The van der Waals surface area contributed by atoms with Gasteiger partial charge in [0, 0.05) is 32.7 Å². The minimum atomic E-state index is 0. The zero-order valence-corrected chi connectivity index (χ0v) is 10.1. The number of rotatable bonds is 1. The summed E-state index contributed by atoms with van der Waals surface area (Å²) in [7, 11) is 0. The summed E-state index contributed by atoms with van der Waals surface area (Å²) in [6, 6.07) is 3.25. The molecule has 1 heterocycles. The Hall–Kier alpha value is 0.804. The monoisotopic (exact) mass is 227 g/mol. The molecule has 0 N–H and O–H groups in total. The SMILES string of the molecule is [CH2-]Cc1[c-]c(C)sc1C.[Y]. The molecule has 0 spiro atoms. The van der Waals surface area contributed by atoms with Crippen LogP contribution in [0.1, 0.15) is 15.3 Å². The molecule has 0 aromatic carbocycles. The van der Waals surface area contributed by atoms with Crippen LogP contribution in [0.3, 0.4) is 0 Å². The van der Waals surface area contributed by atoms with Crippen molar-refractivity contribution in [1.29, 1.82) is 0 Å². The Morgan fingerprint density at radius 3 is 2.30 bits per heavy atom. The van der Waals surface area contributed by atoms with Crippen LogP contribution in [0.15, 0.2) is 0 Å². The molecule has 53 valence electrons. The summed E-state index contributed by atoms with van der Waals surface area (Å²) in [4.78, 5) is 2.63. The van der Waals surface area contributed by atoms with Gasteiger partial charge in [0.2, 0.25) is 0 Å².